The maximum absolute atomic E-state index is 12.5. The van der Waals surface area contributed by atoms with Gasteiger partial charge in [-0.05, 0) is 24.7 Å². The highest BCUT2D eigenvalue weighted by Gasteiger charge is 2.81. The van der Waals surface area contributed by atoms with E-state index < -0.39 is 213 Å². The minimum Gasteiger partial charge on any atom is -0.463 e. The molecule has 0 aliphatic rings. The molecule has 0 saturated heterocycles. The third-order valence-electron chi connectivity index (χ3n) is 11.4. The van der Waals surface area contributed by atoms with Gasteiger partial charge in [-0.2, -0.15) is 184 Å². The number of alkyl halides is 42. The topological polar surface area (TPSA) is 256 Å². The van der Waals surface area contributed by atoms with Crippen LogP contribution in [0.3, 0.4) is 0 Å². The molecule has 0 radical (unpaired) electrons. The number of halogens is 42. The molecule has 0 aliphatic heterocycles. The van der Waals surface area contributed by atoms with Gasteiger partial charge in [0.2, 0.25) is 0 Å². The predicted octanol–water partition coefficient (Wildman–Crippen LogP) is 13.4. The largest absolute Gasteiger partial charge is 0.463 e. The Morgan fingerprint density at radius 1 is 0.311 bits per heavy atom. The van der Waals surface area contributed by atoms with Crippen LogP contribution in [-0.2, 0) is 42.9 Å². The lowest BCUT2D eigenvalue weighted by Gasteiger charge is -2.35. The van der Waals surface area contributed by atoms with Crippen molar-refractivity contribution in [3.8, 4) is 0 Å². The molecular formula is C45H52F42O16. The summed E-state index contributed by atoms with van der Waals surface area (Å²) in [6.45, 7) is 3.83. The van der Waals surface area contributed by atoms with Crippen molar-refractivity contribution in [2.45, 2.75) is 213 Å². The van der Waals surface area contributed by atoms with Crippen LogP contribution in [0.4, 0.5) is 184 Å². The molecule has 0 aliphatic carbocycles. The Bertz CT molecular complexity index is 2430. The molecule has 0 atom stereocenters. The molecule has 0 rings (SSSR count). The van der Waals surface area contributed by atoms with E-state index in [4.69, 9.17) is 35.7 Å². The van der Waals surface area contributed by atoms with Crippen molar-refractivity contribution in [2.75, 3.05) is 33.5 Å². The Balaban J connectivity index is -0.000000285. The Morgan fingerprint density at radius 3 is 0.641 bits per heavy atom. The first-order valence-electron chi connectivity index (χ1n) is 25.4. The molecule has 0 heterocycles. The maximum Gasteiger partial charge on any atom is 0.437 e. The van der Waals surface area contributed by atoms with Crippen LogP contribution in [-0.4, -0.2) is 225 Å². The van der Waals surface area contributed by atoms with Gasteiger partial charge in [0.15, 0.2) is 0 Å². The third-order valence-corrected chi connectivity index (χ3v) is 11.4. The Kier molecular flexibility index (Phi) is 37.5. The predicted molar refractivity (Wildman–Crippen MR) is 244 cm³/mol. The lowest BCUT2D eigenvalue weighted by molar-refractivity contribution is -0.381. The molecule has 622 valence electrons. The highest BCUT2D eigenvalue weighted by atomic mass is 19.5. The number of methoxy groups -OCH3 is 1. The van der Waals surface area contributed by atoms with Gasteiger partial charge in [0.05, 0.1) is 13.2 Å². The SMILES string of the molecule is CC(C)(C)COC(=O)C(O)(C(F)(F)F)C(F)(F)F.CC(C)C(O)(C(F)(F)F)C(F)(F)F.CCC(O)(C(F)(F)F)C(F)(F)F.CCCC(O)(C(F)(F)F)C(F)(F)F.CCCOC(=O)C(O)(C(F)(F)F)C(F)(F)F.COC(COC(=O)C(O)(C(F)(F)F)C(F)(F)F)COC(=O)C(O)(C(F)(F)F)C(F)(F)F. The van der Waals surface area contributed by atoms with Crippen molar-refractivity contribution < 1.29 is 263 Å². The normalized spacial score (nSPS) is 14.6. The van der Waals surface area contributed by atoms with E-state index in [1.54, 1.807) is 0 Å². The Hall–Kier alpha value is -5.38. The first-order chi connectivity index (χ1) is 44.2. The zero-order valence-electron chi connectivity index (χ0n) is 51.5. The standard InChI is InChI=1S/C12H10F12O7.C9H12F6O3.C7H8F6O3.2C6H8F6O.C5H6F6O/c1-29-4(2-30-5(25)7(27,9(13,14)15)10(16,17)18)3-31-6(26)8(28,11(19,20)21)12(22,23)24;1-6(2,3)4-18-5(16)7(17,8(10,11)12)9(13,14)15;1-2-3-16-4(14)5(15,6(8,9)10)7(11,12)13;1-3(2)4(13,5(7,8)9)6(10,11)12;1-2-3-4(13,5(7,8)9)6(10,11)12;1-2-3(12,4(6,7)8)5(9,10)11/h4,27-28H,2-3H2,1H3;17H,4H2,1-3H3;15H,2-3H2,1H3;3,13H,1-2H3;13H,2-3H2,1H3;12H,2H2,1H3. The monoisotopic (exact) mass is 1650 g/mol. The van der Waals surface area contributed by atoms with Crippen LogP contribution in [0, 0.1) is 11.3 Å². The number of hydrogen-bond donors (Lipinski definition) is 7. The van der Waals surface area contributed by atoms with Crippen LogP contribution in [0.25, 0.3) is 0 Å². The molecule has 0 spiro atoms. The molecule has 103 heavy (non-hydrogen) atoms. The van der Waals surface area contributed by atoms with Crippen molar-refractivity contribution in [3.63, 3.8) is 0 Å². The van der Waals surface area contributed by atoms with Crippen LogP contribution in [0.1, 0.15) is 81.1 Å². The van der Waals surface area contributed by atoms with Crippen molar-refractivity contribution in [1.82, 2.24) is 0 Å². The van der Waals surface area contributed by atoms with Crippen molar-refractivity contribution in [2.24, 2.45) is 11.3 Å². The second-order valence-corrected chi connectivity index (χ2v) is 20.9. The van der Waals surface area contributed by atoms with Crippen LogP contribution in [0.5, 0.6) is 0 Å². The highest BCUT2D eigenvalue weighted by Crippen LogP contribution is 2.51. The number of aliphatic hydroxyl groups is 7. The lowest BCUT2D eigenvalue weighted by atomic mass is 9.89. The van der Waals surface area contributed by atoms with Crippen LogP contribution in [0.2, 0.25) is 0 Å². The summed E-state index contributed by atoms with van der Waals surface area (Å²) in [5.41, 5.74) is -37.7. The second-order valence-electron chi connectivity index (χ2n) is 20.9. The van der Waals surface area contributed by atoms with Gasteiger partial charge in [-0.15, -0.1) is 0 Å². The van der Waals surface area contributed by atoms with Crippen molar-refractivity contribution in [1.29, 1.82) is 0 Å². The summed E-state index contributed by atoms with van der Waals surface area (Å²) in [7, 11) is 0.520. The molecule has 0 unspecified atom stereocenters. The van der Waals surface area contributed by atoms with E-state index in [9.17, 15) is 204 Å². The minimum atomic E-state index is -6.65. The fraction of sp³-hybridized carbons (Fsp3) is 0.911. The molecule has 7 N–H and O–H groups in total. The van der Waals surface area contributed by atoms with E-state index >= 15 is 0 Å². The number of hydrogen-bond acceptors (Lipinski definition) is 16. The molecule has 0 aromatic rings. The quantitative estimate of drug-likeness (QED) is 0.0431. The van der Waals surface area contributed by atoms with E-state index in [1.807, 2.05) is 0 Å². The molecule has 0 aromatic heterocycles. The average molecular weight is 1650 g/mol. The Morgan fingerprint density at radius 2 is 0.524 bits per heavy atom. The summed E-state index contributed by atoms with van der Waals surface area (Å²) in [4.78, 5) is 43.7. The Labute approximate surface area is 545 Å². The van der Waals surface area contributed by atoms with Gasteiger partial charge in [-0.1, -0.05) is 61.8 Å². The summed E-state index contributed by atoms with van der Waals surface area (Å²) in [6.07, 6.45) is -90.9. The van der Waals surface area contributed by atoms with E-state index in [-0.39, 0.29) is 6.42 Å². The van der Waals surface area contributed by atoms with Crippen molar-refractivity contribution in [3.05, 3.63) is 0 Å². The van der Waals surface area contributed by atoms with E-state index in [0.29, 0.717) is 27.9 Å². The maximum atomic E-state index is 12.5. The van der Waals surface area contributed by atoms with Crippen LogP contribution >= 0.6 is 0 Å². The zero-order valence-corrected chi connectivity index (χ0v) is 51.5. The highest BCUT2D eigenvalue weighted by molar-refractivity contribution is 5.83. The second kappa shape index (κ2) is 35.6. The smallest absolute Gasteiger partial charge is 0.437 e. The van der Waals surface area contributed by atoms with E-state index in [0.717, 1.165) is 6.92 Å². The van der Waals surface area contributed by atoms with Gasteiger partial charge in [-0.25, -0.2) is 19.2 Å². The molecule has 16 nitrogen and oxygen atoms in total. The average Bonchev–Trinajstić information content (AvgIpc) is 0.789. The van der Waals surface area contributed by atoms with Crippen LogP contribution in [0.15, 0.2) is 0 Å². The minimum absolute atomic E-state index is 0.0253. The summed E-state index contributed by atoms with van der Waals surface area (Å²) in [6, 6.07) is 0. The first kappa shape index (κ1) is 109. The molecule has 0 bridgehead atoms. The summed E-state index contributed by atoms with van der Waals surface area (Å²) < 4.78 is 525. The molecule has 0 fully saturated rings. The first-order valence-corrected chi connectivity index (χ1v) is 25.4. The van der Waals surface area contributed by atoms with Gasteiger partial charge in [0.1, 0.15) is 19.3 Å². The molecule has 58 heteroatoms. The number of esters is 4. The molecule has 0 saturated carbocycles. The number of ether oxygens (including phenoxy) is 5. The van der Waals surface area contributed by atoms with Gasteiger partial charge >= 0.3 is 133 Å². The molecule has 0 amide bonds. The van der Waals surface area contributed by atoms with Gasteiger partial charge in [0, 0.05) is 13.0 Å². The molecular weight excluding hydrogens is 1590 g/mol. The van der Waals surface area contributed by atoms with E-state index in [1.165, 1.54) is 27.7 Å². The summed E-state index contributed by atoms with van der Waals surface area (Å²) in [5, 5.41) is 59.7. The van der Waals surface area contributed by atoms with Gasteiger partial charge in [0.25, 0.3) is 16.8 Å². The van der Waals surface area contributed by atoms with Gasteiger partial charge in [-0.3, -0.25) is 0 Å². The van der Waals surface area contributed by atoms with E-state index in [2.05, 4.69) is 23.7 Å². The fourth-order valence-corrected chi connectivity index (χ4v) is 5.17. The lowest BCUT2D eigenvalue weighted by Crippen LogP contribution is -2.63. The number of carbonyl (C=O) groups is 4. The van der Waals surface area contributed by atoms with Gasteiger partial charge < -0.3 is 59.4 Å². The number of carbonyl (C=O) groups excluding carboxylic acids is 4. The summed E-state index contributed by atoms with van der Waals surface area (Å²) >= 11 is 0. The third kappa shape index (κ3) is 26.8. The summed E-state index contributed by atoms with van der Waals surface area (Å²) in [5.74, 6) is -14.3. The van der Waals surface area contributed by atoms with Crippen LogP contribution < -0.4 is 0 Å². The number of rotatable bonds is 16. The fourth-order valence-electron chi connectivity index (χ4n) is 5.17. The van der Waals surface area contributed by atoms with Crippen molar-refractivity contribution >= 4 is 23.9 Å². The molecule has 0 aromatic carbocycles. The zero-order chi connectivity index (χ0) is 85.7.